The van der Waals surface area contributed by atoms with Gasteiger partial charge in [0.15, 0.2) is 4.34 Å². The third-order valence-electron chi connectivity index (χ3n) is 7.43. The van der Waals surface area contributed by atoms with Gasteiger partial charge in [0.1, 0.15) is 11.9 Å². The molecule has 2 bridgehead atoms. The van der Waals surface area contributed by atoms with Crippen LogP contribution < -0.4 is 4.74 Å². The van der Waals surface area contributed by atoms with Crippen molar-refractivity contribution in [1.29, 1.82) is 0 Å². The molecule has 2 aliphatic rings. The van der Waals surface area contributed by atoms with E-state index in [2.05, 4.69) is 23.1 Å². The minimum absolute atomic E-state index is 0.0573. The molecule has 0 spiro atoms. The summed E-state index contributed by atoms with van der Waals surface area (Å²) in [5, 5.41) is 0. The maximum atomic E-state index is 13.5. The number of fused-ring (bicyclic) bond motifs is 3. The van der Waals surface area contributed by atoms with Crippen LogP contribution >= 0.6 is 23.1 Å². The number of benzene rings is 3. The lowest BCUT2D eigenvalue weighted by atomic mass is 9.98. The second-order valence-electron chi connectivity index (χ2n) is 9.99. The molecule has 4 aromatic rings. The van der Waals surface area contributed by atoms with Crippen molar-refractivity contribution in [3.05, 3.63) is 89.5 Å². The van der Waals surface area contributed by atoms with Crippen molar-refractivity contribution in [1.82, 2.24) is 9.88 Å². The fourth-order valence-electron chi connectivity index (χ4n) is 5.58. The lowest BCUT2D eigenvalue weighted by Gasteiger charge is -2.39. The number of hydrogen-bond donors (Lipinski definition) is 0. The summed E-state index contributed by atoms with van der Waals surface area (Å²) in [6.45, 7) is 2.15. The predicted molar refractivity (Wildman–Crippen MR) is 155 cm³/mol. The molecule has 3 aromatic carbocycles. The molecule has 1 unspecified atom stereocenters. The van der Waals surface area contributed by atoms with Gasteiger partial charge in [-0.15, -0.1) is 11.3 Å². The van der Waals surface area contributed by atoms with Crippen molar-refractivity contribution in [2.45, 2.75) is 60.9 Å². The Kier molecular flexibility index (Phi) is 7.57. The summed E-state index contributed by atoms with van der Waals surface area (Å²) in [6.07, 6.45) is 3.71. The molecule has 2 aliphatic heterocycles. The van der Waals surface area contributed by atoms with Gasteiger partial charge in [-0.2, -0.15) is 0 Å². The molecule has 6 rings (SSSR count). The van der Waals surface area contributed by atoms with Gasteiger partial charge >= 0.3 is 5.97 Å². The molecule has 1 amide bonds. The first kappa shape index (κ1) is 25.9. The molecule has 8 heteroatoms. The molecule has 2 saturated heterocycles. The number of carbonyl (C=O) groups excluding carboxylic acids is 2. The number of hydrogen-bond acceptors (Lipinski definition) is 7. The van der Waals surface area contributed by atoms with Gasteiger partial charge in [-0.25, -0.2) is 9.78 Å². The molecule has 0 N–H and O–H groups in total. The highest BCUT2D eigenvalue weighted by atomic mass is 32.2. The minimum Gasteiger partial charge on any atom is -0.490 e. The number of aromatic nitrogens is 1. The molecule has 6 nitrogen and oxygen atoms in total. The first-order chi connectivity index (χ1) is 19.1. The van der Waals surface area contributed by atoms with Gasteiger partial charge in [0, 0.05) is 36.2 Å². The van der Waals surface area contributed by atoms with Gasteiger partial charge in [0.25, 0.3) is 5.91 Å². The highest BCUT2D eigenvalue weighted by Gasteiger charge is 2.44. The molecule has 0 radical (unpaired) electrons. The van der Waals surface area contributed by atoms with Crippen molar-refractivity contribution in [2.75, 3.05) is 6.61 Å². The number of ether oxygens (including phenoxy) is 2. The second-order valence-corrected chi connectivity index (χ2v) is 12.2. The lowest BCUT2D eigenvalue weighted by Crippen LogP contribution is -2.49. The summed E-state index contributed by atoms with van der Waals surface area (Å²) in [4.78, 5) is 32.2. The van der Waals surface area contributed by atoms with E-state index in [0.717, 1.165) is 52.6 Å². The summed E-state index contributed by atoms with van der Waals surface area (Å²) >= 11 is 3.45. The average molecular weight is 559 g/mol. The Balaban J connectivity index is 1.04. The Bertz CT molecular complexity index is 1420. The van der Waals surface area contributed by atoms with Crippen molar-refractivity contribution >= 4 is 45.2 Å². The number of carbonyl (C=O) groups is 2. The van der Waals surface area contributed by atoms with Crippen molar-refractivity contribution in [3.8, 4) is 5.75 Å². The van der Waals surface area contributed by atoms with Crippen LogP contribution in [-0.4, -0.2) is 46.6 Å². The van der Waals surface area contributed by atoms with E-state index >= 15 is 0 Å². The van der Waals surface area contributed by atoms with Gasteiger partial charge in [-0.1, -0.05) is 36.0 Å². The van der Waals surface area contributed by atoms with E-state index in [1.807, 2.05) is 42.5 Å². The van der Waals surface area contributed by atoms with Crippen LogP contribution in [0.3, 0.4) is 0 Å². The van der Waals surface area contributed by atoms with E-state index < -0.39 is 0 Å². The van der Waals surface area contributed by atoms with Gasteiger partial charge in [0.05, 0.1) is 22.4 Å². The lowest BCUT2D eigenvalue weighted by molar-refractivity contribution is 0.0359. The summed E-state index contributed by atoms with van der Waals surface area (Å²) in [7, 11) is 0. The van der Waals surface area contributed by atoms with Crippen molar-refractivity contribution < 1.29 is 19.1 Å². The molecule has 0 aliphatic carbocycles. The van der Waals surface area contributed by atoms with Crippen LogP contribution in [0, 0.1) is 0 Å². The third-order valence-corrected chi connectivity index (χ3v) is 9.68. The van der Waals surface area contributed by atoms with Gasteiger partial charge in [-0.3, -0.25) is 4.79 Å². The number of rotatable bonds is 8. The normalized spacial score (nSPS) is 20.2. The van der Waals surface area contributed by atoms with Crippen LogP contribution in [0.1, 0.15) is 58.9 Å². The number of amides is 1. The number of thioether (sulfide) groups is 1. The second kappa shape index (κ2) is 11.4. The zero-order chi connectivity index (χ0) is 26.8. The van der Waals surface area contributed by atoms with E-state index in [1.54, 1.807) is 42.2 Å². The number of piperidine rings is 1. The third kappa shape index (κ3) is 5.68. The largest absolute Gasteiger partial charge is 0.490 e. The zero-order valence-corrected chi connectivity index (χ0v) is 23.4. The van der Waals surface area contributed by atoms with Crippen LogP contribution in [0.5, 0.6) is 5.75 Å². The monoisotopic (exact) mass is 558 g/mol. The SMILES string of the molecule is CCOC(=O)c1ccc(OC2C[C@H]3CC[C@@H](C2)N3C(=O)c2ccc(CSc3nc4ccccc4s3)cc2)cc1. The molecule has 2 fully saturated rings. The Labute approximate surface area is 236 Å². The fourth-order valence-corrected chi connectivity index (χ4v) is 7.61. The predicted octanol–water partition coefficient (Wildman–Crippen LogP) is 6.98. The van der Waals surface area contributed by atoms with E-state index in [0.29, 0.717) is 12.2 Å². The van der Waals surface area contributed by atoms with E-state index in [9.17, 15) is 9.59 Å². The summed E-state index contributed by atoms with van der Waals surface area (Å²) in [5.41, 5.74) is 3.49. The Morgan fingerprint density at radius 3 is 2.33 bits per heavy atom. The quantitative estimate of drug-likeness (QED) is 0.172. The number of nitrogens with zero attached hydrogens (tertiary/aromatic N) is 2. The summed E-state index contributed by atoms with van der Waals surface area (Å²) in [5.74, 6) is 1.36. The van der Waals surface area contributed by atoms with E-state index in [4.69, 9.17) is 14.5 Å². The molecule has 200 valence electrons. The molecular weight excluding hydrogens is 528 g/mol. The molecule has 0 saturated carbocycles. The van der Waals surface area contributed by atoms with Crippen LogP contribution in [0.15, 0.2) is 77.1 Å². The summed E-state index contributed by atoms with van der Waals surface area (Å²) < 4.78 is 13.6. The van der Waals surface area contributed by atoms with E-state index in [1.165, 1.54) is 10.3 Å². The highest BCUT2D eigenvalue weighted by molar-refractivity contribution is 8.00. The Hall–Kier alpha value is -3.36. The number of esters is 1. The fraction of sp³-hybridized carbons (Fsp3) is 0.323. The van der Waals surface area contributed by atoms with Gasteiger partial charge in [0.2, 0.25) is 0 Å². The van der Waals surface area contributed by atoms with Crippen LogP contribution in [0.2, 0.25) is 0 Å². The summed E-state index contributed by atoms with van der Waals surface area (Å²) in [6, 6.07) is 23.7. The zero-order valence-electron chi connectivity index (χ0n) is 21.7. The molecule has 39 heavy (non-hydrogen) atoms. The Morgan fingerprint density at radius 2 is 1.64 bits per heavy atom. The smallest absolute Gasteiger partial charge is 0.338 e. The van der Waals surface area contributed by atoms with Crippen molar-refractivity contribution in [2.24, 2.45) is 0 Å². The number of thiazole rings is 1. The first-order valence-electron chi connectivity index (χ1n) is 13.4. The average Bonchev–Trinajstić information content (AvgIpc) is 3.50. The van der Waals surface area contributed by atoms with Crippen LogP contribution in [-0.2, 0) is 10.5 Å². The van der Waals surface area contributed by atoms with Crippen molar-refractivity contribution in [3.63, 3.8) is 0 Å². The van der Waals surface area contributed by atoms with Gasteiger partial charge < -0.3 is 14.4 Å². The topological polar surface area (TPSA) is 68.7 Å². The molecular formula is C31H30N2O4S2. The van der Waals surface area contributed by atoms with Gasteiger partial charge in [-0.05, 0) is 73.9 Å². The number of para-hydroxylation sites is 1. The van der Waals surface area contributed by atoms with Crippen LogP contribution in [0.25, 0.3) is 10.2 Å². The molecule has 1 aromatic heterocycles. The van der Waals surface area contributed by atoms with E-state index in [-0.39, 0.29) is 30.1 Å². The minimum atomic E-state index is -0.325. The molecule has 3 atom stereocenters. The maximum absolute atomic E-state index is 13.5. The van der Waals surface area contributed by atoms with Crippen LogP contribution in [0.4, 0.5) is 0 Å². The maximum Gasteiger partial charge on any atom is 0.338 e. The first-order valence-corrected chi connectivity index (χ1v) is 15.2. The standard InChI is InChI=1S/C31H30N2O4S2/c1-2-36-30(35)22-11-15-25(16-12-22)37-26-17-23-13-14-24(18-26)33(23)29(34)21-9-7-20(8-10-21)19-38-31-32-27-5-3-4-6-28(27)39-31/h3-12,15-16,23-24,26H,2,13-14,17-19H2,1H3/t23-,24+,26?. The Morgan fingerprint density at radius 1 is 0.949 bits per heavy atom. The highest BCUT2D eigenvalue weighted by Crippen LogP contribution is 2.38. The molecule has 3 heterocycles.